The lowest BCUT2D eigenvalue weighted by molar-refractivity contribution is -0.130. The third kappa shape index (κ3) is 4.56. The fourth-order valence-corrected chi connectivity index (χ4v) is 3.51. The van der Waals surface area contributed by atoms with Crippen LogP contribution in [0.5, 0.6) is 0 Å². The van der Waals surface area contributed by atoms with Gasteiger partial charge in [-0.3, -0.25) is 14.7 Å². The van der Waals surface area contributed by atoms with Crippen molar-refractivity contribution < 1.29 is 9.59 Å². The number of aromatic amines is 1. The van der Waals surface area contributed by atoms with Crippen LogP contribution in [0.25, 0.3) is 0 Å². The number of rotatable bonds is 5. The van der Waals surface area contributed by atoms with Gasteiger partial charge in [0.15, 0.2) is 0 Å². The van der Waals surface area contributed by atoms with E-state index in [0.29, 0.717) is 28.7 Å². The largest absolute Gasteiger partial charge is 0.351 e. The maximum atomic E-state index is 12.6. The molecule has 2 heterocycles. The second-order valence-electron chi connectivity index (χ2n) is 6.65. The van der Waals surface area contributed by atoms with E-state index in [1.165, 1.54) is 0 Å². The number of hydrogen-bond acceptors (Lipinski definition) is 3. The first kappa shape index (κ1) is 18.7. The van der Waals surface area contributed by atoms with Crippen LogP contribution in [0.15, 0.2) is 30.6 Å². The Balaban J connectivity index is 1.56. The highest BCUT2D eigenvalue weighted by atomic mass is 35.5. The molecule has 0 saturated carbocycles. The van der Waals surface area contributed by atoms with E-state index in [0.717, 1.165) is 5.56 Å². The van der Waals surface area contributed by atoms with E-state index >= 15 is 0 Å². The number of carbonyl (C=O) groups is 2. The number of halogens is 2. The summed E-state index contributed by atoms with van der Waals surface area (Å²) in [6.45, 7) is 3.13. The number of amides is 2. The molecule has 1 aromatic carbocycles. The molecule has 1 aromatic heterocycles. The van der Waals surface area contributed by atoms with Crippen LogP contribution in [-0.2, 0) is 22.4 Å². The summed E-state index contributed by atoms with van der Waals surface area (Å²) in [6.07, 6.45) is 3.79. The van der Waals surface area contributed by atoms with Crippen LogP contribution in [0.3, 0.4) is 0 Å². The maximum absolute atomic E-state index is 12.6. The zero-order valence-electron chi connectivity index (χ0n) is 14.3. The summed E-state index contributed by atoms with van der Waals surface area (Å²) in [5.74, 6) is 0.0881. The average Bonchev–Trinajstić information content (AvgIpc) is 3.21. The topological polar surface area (TPSA) is 78.1 Å². The molecule has 0 spiro atoms. The molecule has 2 amide bonds. The summed E-state index contributed by atoms with van der Waals surface area (Å²) in [7, 11) is 0. The molecule has 2 aromatic rings. The van der Waals surface area contributed by atoms with Gasteiger partial charge in [-0.25, -0.2) is 0 Å². The van der Waals surface area contributed by atoms with E-state index in [-0.39, 0.29) is 36.6 Å². The summed E-state index contributed by atoms with van der Waals surface area (Å²) in [4.78, 5) is 26.6. The number of hydrogen-bond donors (Lipinski definition) is 2. The Morgan fingerprint density at radius 1 is 1.31 bits per heavy atom. The molecule has 0 radical (unpaired) electrons. The summed E-state index contributed by atoms with van der Waals surface area (Å²) < 4.78 is 0. The molecule has 8 heteroatoms. The minimum absolute atomic E-state index is 0.0207. The van der Waals surface area contributed by atoms with Crippen molar-refractivity contribution in [2.45, 2.75) is 25.8 Å². The van der Waals surface area contributed by atoms with E-state index < -0.39 is 0 Å². The van der Waals surface area contributed by atoms with Gasteiger partial charge in [0.2, 0.25) is 11.8 Å². The van der Waals surface area contributed by atoms with Crippen LogP contribution < -0.4 is 5.32 Å². The van der Waals surface area contributed by atoms with Gasteiger partial charge in [-0.15, -0.1) is 0 Å². The van der Waals surface area contributed by atoms with Crippen molar-refractivity contribution in [1.29, 1.82) is 0 Å². The zero-order valence-corrected chi connectivity index (χ0v) is 15.8. The number of aromatic nitrogens is 2. The van der Waals surface area contributed by atoms with Gasteiger partial charge >= 0.3 is 0 Å². The SMILES string of the molecule is CC1CN(C(=O)Cc2cc(Cl)ccc2Cl)CC1NC(=O)Cc1cn[nH]c1. The van der Waals surface area contributed by atoms with E-state index in [4.69, 9.17) is 23.2 Å². The van der Waals surface area contributed by atoms with Crippen molar-refractivity contribution in [3.05, 3.63) is 51.8 Å². The van der Waals surface area contributed by atoms with Crippen LogP contribution >= 0.6 is 23.2 Å². The monoisotopic (exact) mass is 394 g/mol. The lowest BCUT2D eigenvalue weighted by Gasteiger charge is -2.18. The van der Waals surface area contributed by atoms with Gasteiger partial charge in [-0.1, -0.05) is 30.1 Å². The van der Waals surface area contributed by atoms with E-state index in [9.17, 15) is 9.59 Å². The van der Waals surface area contributed by atoms with E-state index in [1.807, 2.05) is 6.92 Å². The van der Waals surface area contributed by atoms with Crippen LogP contribution in [-0.4, -0.2) is 46.0 Å². The van der Waals surface area contributed by atoms with Crippen molar-refractivity contribution in [3.8, 4) is 0 Å². The fraction of sp³-hybridized carbons (Fsp3) is 0.389. The molecule has 2 unspecified atom stereocenters. The summed E-state index contributed by atoms with van der Waals surface area (Å²) in [6, 6.07) is 5.04. The molecule has 0 bridgehead atoms. The van der Waals surface area contributed by atoms with Crippen molar-refractivity contribution in [3.63, 3.8) is 0 Å². The summed E-state index contributed by atoms with van der Waals surface area (Å²) in [5, 5.41) is 10.6. The van der Waals surface area contributed by atoms with Gasteiger partial charge in [-0.2, -0.15) is 5.10 Å². The number of likely N-dealkylation sites (tertiary alicyclic amines) is 1. The molecule has 3 rings (SSSR count). The molecule has 1 aliphatic rings. The first-order chi connectivity index (χ1) is 12.4. The maximum Gasteiger partial charge on any atom is 0.227 e. The van der Waals surface area contributed by atoms with Gasteiger partial charge in [-0.05, 0) is 35.2 Å². The molecule has 1 fully saturated rings. The predicted octanol–water partition coefficient (Wildman–Crippen LogP) is 2.46. The van der Waals surface area contributed by atoms with Crippen molar-refractivity contribution >= 4 is 35.0 Å². The van der Waals surface area contributed by atoms with Crippen molar-refractivity contribution in [1.82, 2.24) is 20.4 Å². The number of nitrogens with one attached hydrogen (secondary N) is 2. The van der Waals surface area contributed by atoms with Gasteiger partial charge < -0.3 is 10.2 Å². The second kappa shape index (κ2) is 8.10. The Labute approximate surface area is 161 Å². The lowest BCUT2D eigenvalue weighted by atomic mass is 10.1. The van der Waals surface area contributed by atoms with Crippen molar-refractivity contribution in [2.24, 2.45) is 5.92 Å². The Bertz CT molecular complexity index is 794. The highest BCUT2D eigenvalue weighted by Gasteiger charge is 2.33. The number of nitrogens with zero attached hydrogens (tertiary/aromatic N) is 2. The van der Waals surface area contributed by atoms with Crippen LogP contribution in [0.4, 0.5) is 0 Å². The van der Waals surface area contributed by atoms with Crippen molar-refractivity contribution in [2.75, 3.05) is 13.1 Å². The number of carbonyl (C=O) groups excluding carboxylic acids is 2. The van der Waals surface area contributed by atoms with Gasteiger partial charge in [0, 0.05) is 29.3 Å². The molecule has 26 heavy (non-hydrogen) atoms. The third-order valence-electron chi connectivity index (χ3n) is 4.58. The molecule has 0 aliphatic carbocycles. The number of benzene rings is 1. The first-order valence-corrected chi connectivity index (χ1v) is 9.16. The van der Waals surface area contributed by atoms with E-state index in [2.05, 4.69) is 15.5 Å². The quantitative estimate of drug-likeness (QED) is 0.817. The van der Waals surface area contributed by atoms with Crippen LogP contribution in [0.1, 0.15) is 18.1 Å². The molecule has 6 nitrogen and oxygen atoms in total. The number of H-pyrrole nitrogens is 1. The smallest absolute Gasteiger partial charge is 0.227 e. The Kier molecular flexibility index (Phi) is 5.84. The minimum Gasteiger partial charge on any atom is -0.351 e. The Morgan fingerprint density at radius 3 is 2.85 bits per heavy atom. The van der Waals surface area contributed by atoms with Gasteiger partial charge in [0.1, 0.15) is 0 Å². The molecule has 138 valence electrons. The lowest BCUT2D eigenvalue weighted by Crippen LogP contribution is -2.41. The molecular formula is C18H20Cl2N4O2. The van der Waals surface area contributed by atoms with Crippen LogP contribution in [0, 0.1) is 5.92 Å². The molecule has 2 atom stereocenters. The minimum atomic E-state index is -0.0737. The standard InChI is InChI=1S/C18H20Cl2N4O2/c1-11-9-24(18(26)6-13-5-14(19)2-3-15(13)20)10-16(11)23-17(25)4-12-7-21-22-8-12/h2-3,5,7-8,11,16H,4,6,9-10H2,1H3,(H,21,22)(H,23,25). The fourth-order valence-electron chi connectivity index (χ4n) is 3.13. The molecule has 1 aliphatic heterocycles. The summed E-state index contributed by atoms with van der Waals surface area (Å²) >= 11 is 12.1. The van der Waals surface area contributed by atoms with Gasteiger partial charge in [0.05, 0.1) is 25.1 Å². The highest BCUT2D eigenvalue weighted by molar-refractivity contribution is 6.33. The van der Waals surface area contributed by atoms with Gasteiger partial charge in [0.25, 0.3) is 0 Å². The average molecular weight is 395 g/mol. The normalized spacial score (nSPS) is 19.6. The zero-order chi connectivity index (χ0) is 18.7. The second-order valence-corrected chi connectivity index (χ2v) is 7.49. The molecule has 1 saturated heterocycles. The highest BCUT2D eigenvalue weighted by Crippen LogP contribution is 2.23. The first-order valence-electron chi connectivity index (χ1n) is 8.41. The van der Waals surface area contributed by atoms with Crippen LogP contribution in [0.2, 0.25) is 10.0 Å². The van der Waals surface area contributed by atoms with E-state index in [1.54, 1.807) is 35.5 Å². The Morgan fingerprint density at radius 2 is 2.12 bits per heavy atom. The molecular weight excluding hydrogens is 375 g/mol. The molecule has 2 N–H and O–H groups in total. The Hall–Kier alpha value is -2.05. The third-order valence-corrected chi connectivity index (χ3v) is 5.18. The predicted molar refractivity (Wildman–Crippen MR) is 100 cm³/mol. The summed E-state index contributed by atoms with van der Waals surface area (Å²) in [5.41, 5.74) is 1.54.